The molecule has 0 aromatic heterocycles. The molecule has 4 heteroatoms. The summed E-state index contributed by atoms with van der Waals surface area (Å²) in [6.45, 7) is 8.98. The van der Waals surface area contributed by atoms with Gasteiger partial charge in [0, 0.05) is 5.41 Å². The first kappa shape index (κ1) is 18.1. The molecule has 0 aliphatic rings. The summed E-state index contributed by atoms with van der Waals surface area (Å²) in [5, 5.41) is 29.5. The zero-order chi connectivity index (χ0) is 15.2. The summed E-state index contributed by atoms with van der Waals surface area (Å²) >= 11 is 0. The number of hydrogen-bond acceptors (Lipinski definition) is 4. The molecule has 0 fully saturated rings. The SMILES string of the molecule is CCCCC(C)(CC)C(=O)C(O)C(O)C(O)=C(C)C. The fraction of sp³-hybridized carbons (Fsp3) is 0.800. The van der Waals surface area contributed by atoms with Crippen molar-refractivity contribution >= 4 is 5.78 Å². The standard InChI is InChI=1S/C15H28O4/c1-6-8-9-15(5,7-2)14(19)13(18)12(17)11(16)10(3)4/h12-13,16-18H,6-9H2,1-5H3. The van der Waals surface area contributed by atoms with Gasteiger partial charge in [-0.2, -0.15) is 0 Å². The molecule has 0 spiro atoms. The summed E-state index contributed by atoms with van der Waals surface area (Å²) in [5.74, 6) is -0.724. The number of carbonyl (C=O) groups is 1. The molecule has 112 valence electrons. The lowest BCUT2D eigenvalue weighted by molar-refractivity contribution is -0.143. The van der Waals surface area contributed by atoms with Crippen LogP contribution in [0.25, 0.3) is 0 Å². The van der Waals surface area contributed by atoms with Gasteiger partial charge in [-0.3, -0.25) is 4.79 Å². The Morgan fingerprint density at radius 1 is 1.16 bits per heavy atom. The molecule has 3 N–H and O–H groups in total. The quantitative estimate of drug-likeness (QED) is 0.594. The van der Waals surface area contributed by atoms with Crippen LogP contribution >= 0.6 is 0 Å². The van der Waals surface area contributed by atoms with Gasteiger partial charge in [0.05, 0.1) is 0 Å². The zero-order valence-electron chi connectivity index (χ0n) is 12.7. The second-order valence-corrected chi connectivity index (χ2v) is 5.66. The third-order valence-electron chi connectivity index (χ3n) is 3.82. The Hall–Kier alpha value is -0.870. The van der Waals surface area contributed by atoms with Gasteiger partial charge in [0.1, 0.15) is 18.0 Å². The fourth-order valence-corrected chi connectivity index (χ4v) is 1.99. The number of Topliss-reactive ketones (excluding diaryl/α,β-unsaturated/α-hetero) is 1. The minimum absolute atomic E-state index is 0.324. The first-order valence-electron chi connectivity index (χ1n) is 6.98. The molecular formula is C15H28O4. The van der Waals surface area contributed by atoms with Crippen LogP contribution < -0.4 is 0 Å². The number of unbranched alkanes of at least 4 members (excludes halogenated alkanes) is 1. The van der Waals surface area contributed by atoms with Gasteiger partial charge in [-0.05, 0) is 32.3 Å². The number of ketones is 1. The highest BCUT2D eigenvalue weighted by atomic mass is 16.4. The smallest absolute Gasteiger partial charge is 0.170 e. The van der Waals surface area contributed by atoms with Crippen molar-refractivity contribution in [2.24, 2.45) is 5.41 Å². The van der Waals surface area contributed by atoms with Crippen molar-refractivity contribution in [2.45, 2.75) is 72.5 Å². The normalized spacial score (nSPS) is 17.4. The van der Waals surface area contributed by atoms with Gasteiger partial charge in [0.15, 0.2) is 5.78 Å². The minimum atomic E-state index is -1.57. The summed E-state index contributed by atoms with van der Waals surface area (Å²) in [4.78, 5) is 12.3. The number of carbonyl (C=O) groups excluding carboxylic acids is 1. The Kier molecular flexibility index (Phi) is 7.30. The molecule has 0 saturated heterocycles. The topological polar surface area (TPSA) is 77.8 Å². The van der Waals surface area contributed by atoms with E-state index in [9.17, 15) is 20.1 Å². The molecule has 0 bridgehead atoms. The van der Waals surface area contributed by atoms with Crippen LogP contribution in [0.2, 0.25) is 0 Å². The van der Waals surface area contributed by atoms with E-state index < -0.39 is 23.4 Å². The van der Waals surface area contributed by atoms with Gasteiger partial charge < -0.3 is 15.3 Å². The maximum absolute atomic E-state index is 12.3. The molecule has 0 heterocycles. The molecule has 0 aromatic carbocycles. The molecule has 0 amide bonds. The number of allylic oxidation sites excluding steroid dienone is 1. The predicted octanol–water partition coefficient (Wildman–Crippen LogP) is 2.74. The molecule has 0 aliphatic carbocycles. The highest BCUT2D eigenvalue weighted by molar-refractivity contribution is 5.89. The zero-order valence-corrected chi connectivity index (χ0v) is 12.7. The Morgan fingerprint density at radius 2 is 1.68 bits per heavy atom. The van der Waals surface area contributed by atoms with E-state index in [0.29, 0.717) is 18.4 Å². The average Bonchev–Trinajstić information content (AvgIpc) is 2.41. The van der Waals surface area contributed by atoms with Crippen LogP contribution in [0.5, 0.6) is 0 Å². The summed E-state index contributed by atoms with van der Waals surface area (Å²) in [5.41, 5.74) is -0.163. The number of aliphatic hydroxyl groups is 3. The highest BCUT2D eigenvalue weighted by Gasteiger charge is 2.39. The molecule has 0 radical (unpaired) electrons. The number of aliphatic hydroxyl groups excluding tert-OH is 3. The lowest BCUT2D eigenvalue weighted by Crippen LogP contribution is -2.44. The predicted molar refractivity (Wildman–Crippen MR) is 75.9 cm³/mol. The summed E-state index contributed by atoms with van der Waals surface area (Å²) < 4.78 is 0. The van der Waals surface area contributed by atoms with E-state index in [-0.39, 0.29) is 5.76 Å². The minimum Gasteiger partial charge on any atom is -0.510 e. The van der Waals surface area contributed by atoms with Crippen molar-refractivity contribution in [1.82, 2.24) is 0 Å². The van der Waals surface area contributed by atoms with E-state index in [1.807, 2.05) is 13.8 Å². The van der Waals surface area contributed by atoms with Gasteiger partial charge >= 0.3 is 0 Å². The molecular weight excluding hydrogens is 244 g/mol. The van der Waals surface area contributed by atoms with Crippen LogP contribution in [-0.4, -0.2) is 33.3 Å². The lowest BCUT2D eigenvalue weighted by atomic mass is 9.75. The van der Waals surface area contributed by atoms with Crippen molar-refractivity contribution in [1.29, 1.82) is 0 Å². The molecule has 0 saturated carbocycles. The lowest BCUT2D eigenvalue weighted by Gasteiger charge is -2.30. The van der Waals surface area contributed by atoms with E-state index >= 15 is 0 Å². The Morgan fingerprint density at radius 3 is 2.05 bits per heavy atom. The largest absolute Gasteiger partial charge is 0.510 e. The number of hydrogen-bond donors (Lipinski definition) is 3. The second-order valence-electron chi connectivity index (χ2n) is 5.66. The first-order valence-corrected chi connectivity index (χ1v) is 6.98. The number of rotatable bonds is 8. The van der Waals surface area contributed by atoms with Gasteiger partial charge in [0.25, 0.3) is 0 Å². The van der Waals surface area contributed by atoms with Crippen LogP contribution in [0.1, 0.15) is 60.3 Å². The first-order chi connectivity index (χ1) is 8.71. The van der Waals surface area contributed by atoms with Crippen LogP contribution in [0.3, 0.4) is 0 Å². The molecule has 4 nitrogen and oxygen atoms in total. The third kappa shape index (κ3) is 4.62. The molecule has 19 heavy (non-hydrogen) atoms. The van der Waals surface area contributed by atoms with E-state index in [0.717, 1.165) is 12.8 Å². The van der Waals surface area contributed by atoms with E-state index in [2.05, 4.69) is 0 Å². The van der Waals surface area contributed by atoms with Gasteiger partial charge in [-0.15, -0.1) is 0 Å². The average molecular weight is 272 g/mol. The maximum Gasteiger partial charge on any atom is 0.170 e. The van der Waals surface area contributed by atoms with Gasteiger partial charge in [-0.1, -0.05) is 33.6 Å². The summed E-state index contributed by atoms with van der Waals surface area (Å²) in [6.07, 6.45) is 0.0409. The Balaban J connectivity index is 5.02. The van der Waals surface area contributed by atoms with Crippen molar-refractivity contribution in [3.05, 3.63) is 11.3 Å². The Bertz CT molecular complexity index is 331. The van der Waals surface area contributed by atoms with Crippen LogP contribution in [-0.2, 0) is 4.79 Å². The fourth-order valence-electron chi connectivity index (χ4n) is 1.99. The van der Waals surface area contributed by atoms with Gasteiger partial charge in [0.2, 0.25) is 0 Å². The molecule has 0 aliphatic heterocycles. The van der Waals surface area contributed by atoms with Crippen molar-refractivity contribution in [2.75, 3.05) is 0 Å². The molecule has 0 aromatic rings. The maximum atomic E-state index is 12.3. The van der Waals surface area contributed by atoms with E-state index in [1.54, 1.807) is 20.8 Å². The molecule has 3 unspecified atom stereocenters. The van der Waals surface area contributed by atoms with Crippen molar-refractivity contribution in [3.63, 3.8) is 0 Å². The summed E-state index contributed by atoms with van der Waals surface area (Å²) in [7, 11) is 0. The molecule has 3 atom stereocenters. The van der Waals surface area contributed by atoms with Crippen molar-refractivity contribution < 1.29 is 20.1 Å². The van der Waals surface area contributed by atoms with Crippen molar-refractivity contribution in [3.8, 4) is 0 Å². The van der Waals surface area contributed by atoms with Crippen LogP contribution in [0.4, 0.5) is 0 Å². The van der Waals surface area contributed by atoms with Gasteiger partial charge in [-0.25, -0.2) is 0 Å². The van der Waals surface area contributed by atoms with E-state index in [4.69, 9.17) is 0 Å². The molecule has 0 rings (SSSR count). The Labute approximate surface area is 116 Å². The van der Waals surface area contributed by atoms with Crippen LogP contribution in [0.15, 0.2) is 11.3 Å². The van der Waals surface area contributed by atoms with Crippen LogP contribution in [0, 0.1) is 5.41 Å². The monoisotopic (exact) mass is 272 g/mol. The highest BCUT2D eigenvalue weighted by Crippen LogP contribution is 2.31. The van der Waals surface area contributed by atoms with E-state index in [1.165, 1.54) is 0 Å². The third-order valence-corrected chi connectivity index (χ3v) is 3.82. The summed E-state index contributed by atoms with van der Waals surface area (Å²) in [6, 6.07) is 0. The second kappa shape index (κ2) is 7.65.